The van der Waals surface area contributed by atoms with Gasteiger partial charge >= 0.3 is 0 Å². The van der Waals surface area contributed by atoms with Crippen LogP contribution in [0.25, 0.3) is 0 Å². The van der Waals surface area contributed by atoms with Crippen molar-refractivity contribution in [2.24, 2.45) is 0 Å². The van der Waals surface area contributed by atoms with Crippen LogP contribution >= 0.6 is 15.9 Å². The molecule has 0 amide bonds. The molecule has 4 heteroatoms. The van der Waals surface area contributed by atoms with E-state index >= 15 is 0 Å². The van der Waals surface area contributed by atoms with E-state index in [1.807, 2.05) is 0 Å². The standard InChI is InChI=1S/C17H27BrN2O/c1-3-19-17(14-4-6-15(18)7-5-14)8-11-20(2)16-9-12-21-13-10-16/h4-7,16-17,19H,3,8-13H2,1-2H3. The molecule has 1 aliphatic rings. The number of nitrogens with one attached hydrogen (secondary N) is 1. The third-order valence-corrected chi connectivity index (χ3v) is 4.84. The summed E-state index contributed by atoms with van der Waals surface area (Å²) < 4.78 is 6.59. The highest BCUT2D eigenvalue weighted by atomic mass is 79.9. The minimum Gasteiger partial charge on any atom is -0.381 e. The fourth-order valence-corrected chi connectivity index (χ4v) is 3.23. The number of halogens is 1. The maximum atomic E-state index is 5.45. The van der Waals surface area contributed by atoms with Gasteiger partial charge in [0.25, 0.3) is 0 Å². The van der Waals surface area contributed by atoms with Crippen molar-refractivity contribution in [3.05, 3.63) is 34.3 Å². The number of hydrogen-bond donors (Lipinski definition) is 1. The number of benzene rings is 1. The fraction of sp³-hybridized carbons (Fsp3) is 0.647. The molecule has 0 spiro atoms. The normalized spacial score (nSPS) is 18.1. The van der Waals surface area contributed by atoms with Gasteiger partial charge in [0.05, 0.1) is 0 Å². The predicted octanol–water partition coefficient (Wildman–Crippen LogP) is 3.60. The van der Waals surface area contributed by atoms with Gasteiger partial charge in [0.2, 0.25) is 0 Å². The highest BCUT2D eigenvalue weighted by molar-refractivity contribution is 9.10. The smallest absolute Gasteiger partial charge is 0.0480 e. The Hall–Kier alpha value is -0.420. The molecule has 1 atom stereocenters. The Balaban J connectivity index is 1.88. The van der Waals surface area contributed by atoms with Gasteiger partial charge in [-0.05, 0) is 57.1 Å². The van der Waals surface area contributed by atoms with Crippen LogP contribution in [-0.4, -0.2) is 44.3 Å². The minimum atomic E-state index is 0.436. The average Bonchev–Trinajstić information content (AvgIpc) is 2.53. The molecule has 0 radical (unpaired) electrons. The summed E-state index contributed by atoms with van der Waals surface area (Å²) in [6.45, 7) is 6.13. The van der Waals surface area contributed by atoms with Crippen molar-refractivity contribution in [2.75, 3.05) is 33.4 Å². The van der Waals surface area contributed by atoms with Crippen molar-refractivity contribution in [1.29, 1.82) is 0 Å². The third kappa shape index (κ3) is 5.37. The van der Waals surface area contributed by atoms with Crippen molar-refractivity contribution >= 4 is 15.9 Å². The lowest BCUT2D eigenvalue weighted by atomic mass is 10.0. The Labute approximate surface area is 137 Å². The van der Waals surface area contributed by atoms with Crippen LogP contribution in [0.2, 0.25) is 0 Å². The van der Waals surface area contributed by atoms with Crippen molar-refractivity contribution in [3.8, 4) is 0 Å². The predicted molar refractivity (Wildman–Crippen MR) is 91.6 cm³/mol. The number of hydrogen-bond acceptors (Lipinski definition) is 3. The second-order valence-corrected chi connectivity index (χ2v) is 6.69. The van der Waals surface area contributed by atoms with Crippen LogP contribution in [0.4, 0.5) is 0 Å². The van der Waals surface area contributed by atoms with Crippen LogP contribution in [0.15, 0.2) is 28.7 Å². The van der Waals surface area contributed by atoms with Gasteiger partial charge in [-0.25, -0.2) is 0 Å². The summed E-state index contributed by atoms with van der Waals surface area (Å²) >= 11 is 3.51. The van der Waals surface area contributed by atoms with Gasteiger partial charge in [0.15, 0.2) is 0 Å². The molecular weight excluding hydrogens is 328 g/mol. The lowest BCUT2D eigenvalue weighted by Crippen LogP contribution is -2.38. The molecule has 2 rings (SSSR count). The molecule has 1 aromatic carbocycles. The largest absolute Gasteiger partial charge is 0.381 e. The minimum absolute atomic E-state index is 0.436. The van der Waals surface area contributed by atoms with E-state index < -0.39 is 0 Å². The van der Waals surface area contributed by atoms with Gasteiger partial charge in [-0.2, -0.15) is 0 Å². The number of nitrogens with zero attached hydrogens (tertiary/aromatic N) is 1. The van der Waals surface area contributed by atoms with Gasteiger partial charge < -0.3 is 15.0 Å². The second kappa shape index (κ2) is 8.89. The third-order valence-electron chi connectivity index (χ3n) is 4.31. The summed E-state index contributed by atoms with van der Waals surface area (Å²) in [6, 6.07) is 9.80. The summed E-state index contributed by atoms with van der Waals surface area (Å²) in [5.74, 6) is 0. The molecule has 118 valence electrons. The Bertz CT molecular complexity index is 404. The van der Waals surface area contributed by atoms with E-state index in [-0.39, 0.29) is 0 Å². The van der Waals surface area contributed by atoms with E-state index in [0.29, 0.717) is 12.1 Å². The molecule has 1 heterocycles. The van der Waals surface area contributed by atoms with E-state index in [4.69, 9.17) is 4.74 Å². The summed E-state index contributed by atoms with van der Waals surface area (Å²) in [7, 11) is 2.25. The summed E-state index contributed by atoms with van der Waals surface area (Å²) in [5.41, 5.74) is 1.38. The van der Waals surface area contributed by atoms with E-state index in [9.17, 15) is 0 Å². The zero-order chi connectivity index (χ0) is 15.1. The first-order valence-corrected chi connectivity index (χ1v) is 8.77. The molecule has 3 nitrogen and oxygen atoms in total. The molecule has 1 aromatic rings. The summed E-state index contributed by atoms with van der Waals surface area (Å²) in [4.78, 5) is 2.51. The van der Waals surface area contributed by atoms with Crippen molar-refractivity contribution < 1.29 is 4.74 Å². The first kappa shape index (κ1) is 16.9. The maximum Gasteiger partial charge on any atom is 0.0480 e. The van der Waals surface area contributed by atoms with Crippen LogP contribution < -0.4 is 5.32 Å². The van der Waals surface area contributed by atoms with Gasteiger partial charge in [-0.1, -0.05) is 35.0 Å². The molecule has 0 aliphatic carbocycles. The SMILES string of the molecule is CCNC(CCN(C)C1CCOCC1)c1ccc(Br)cc1. The molecule has 0 saturated carbocycles. The lowest BCUT2D eigenvalue weighted by molar-refractivity contribution is 0.0419. The molecule has 1 saturated heterocycles. The molecule has 21 heavy (non-hydrogen) atoms. The Morgan fingerprint density at radius 3 is 2.57 bits per heavy atom. The summed E-state index contributed by atoms with van der Waals surface area (Å²) in [6.07, 6.45) is 3.48. The molecular formula is C17H27BrN2O. The average molecular weight is 355 g/mol. The monoisotopic (exact) mass is 354 g/mol. The molecule has 1 N–H and O–H groups in total. The zero-order valence-corrected chi connectivity index (χ0v) is 14.7. The summed E-state index contributed by atoms with van der Waals surface area (Å²) in [5, 5.41) is 3.61. The van der Waals surface area contributed by atoms with Crippen LogP contribution in [0.3, 0.4) is 0 Å². The van der Waals surface area contributed by atoms with E-state index in [1.54, 1.807) is 0 Å². The number of rotatable bonds is 7. The van der Waals surface area contributed by atoms with Crippen LogP contribution in [0.5, 0.6) is 0 Å². The van der Waals surface area contributed by atoms with E-state index in [1.165, 1.54) is 18.4 Å². The topological polar surface area (TPSA) is 24.5 Å². The van der Waals surface area contributed by atoms with Crippen LogP contribution in [0.1, 0.15) is 37.8 Å². The highest BCUT2D eigenvalue weighted by Crippen LogP contribution is 2.21. The van der Waals surface area contributed by atoms with E-state index in [2.05, 4.69) is 64.4 Å². The molecule has 1 unspecified atom stereocenters. The maximum absolute atomic E-state index is 5.45. The van der Waals surface area contributed by atoms with Crippen LogP contribution in [-0.2, 0) is 4.74 Å². The van der Waals surface area contributed by atoms with Crippen molar-refractivity contribution in [2.45, 2.75) is 38.3 Å². The first-order chi connectivity index (χ1) is 10.2. The molecule has 0 bridgehead atoms. The molecule has 1 fully saturated rings. The van der Waals surface area contributed by atoms with Gasteiger partial charge in [-0.3, -0.25) is 0 Å². The van der Waals surface area contributed by atoms with Gasteiger partial charge in [0.1, 0.15) is 0 Å². The Kier molecular flexibility index (Phi) is 7.17. The zero-order valence-electron chi connectivity index (χ0n) is 13.1. The fourth-order valence-electron chi connectivity index (χ4n) is 2.97. The van der Waals surface area contributed by atoms with E-state index in [0.717, 1.165) is 37.2 Å². The Morgan fingerprint density at radius 1 is 1.29 bits per heavy atom. The second-order valence-electron chi connectivity index (χ2n) is 5.77. The molecule has 0 aromatic heterocycles. The van der Waals surface area contributed by atoms with Crippen molar-refractivity contribution in [1.82, 2.24) is 10.2 Å². The van der Waals surface area contributed by atoms with Gasteiger partial charge in [-0.15, -0.1) is 0 Å². The molecule has 1 aliphatic heterocycles. The quantitative estimate of drug-likeness (QED) is 0.809. The lowest BCUT2D eigenvalue weighted by Gasteiger charge is -2.32. The number of ether oxygens (including phenoxy) is 1. The van der Waals surface area contributed by atoms with Crippen LogP contribution in [0, 0.1) is 0 Å². The van der Waals surface area contributed by atoms with Gasteiger partial charge in [0, 0.05) is 29.8 Å². The first-order valence-electron chi connectivity index (χ1n) is 7.97. The van der Waals surface area contributed by atoms with Crippen molar-refractivity contribution in [3.63, 3.8) is 0 Å². The highest BCUT2D eigenvalue weighted by Gasteiger charge is 2.19. The Morgan fingerprint density at radius 2 is 1.95 bits per heavy atom.